The first kappa shape index (κ1) is 19.8. The van der Waals surface area contributed by atoms with Crippen LogP contribution in [0.4, 0.5) is 0 Å². The third-order valence-electron chi connectivity index (χ3n) is 4.45. The molecule has 0 aliphatic carbocycles. The lowest BCUT2D eigenvalue weighted by atomic mass is 9.98. The highest BCUT2D eigenvalue weighted by Gasteiger charge is 2.17. The summed E-state index contributed by atoms with van der Waals surface area (Å²) in [5.74, 6) is 1.15. The topological polar surface area (TPSA) is 47.6 Å². The molecule has 3 aromatic carbocycles. The number of methoxy groups -OCH3 is 2. The van der Waals surface area contributed by atoms with Crippen LogP contribution in [0.15, 0.2) is 72.8 Å². The van der Waals surface area contributed by atoms with Crippen molar-refractivity contribution in [3.8, 4) is 11.5 Å². The van der Waals surface area contributed by atoms with Gasteiger partial charge in [0.1, 0.15) is 0 Å². The molecule has 3 rings (SSSR count). The van der Waals surface area contributed by atoms with Crippen LogP contribution in [0.3, 0.4) is 0 Å². The van der Waals surface area contributed by atoms with E-state index in [0.29, 0.717) is 16.5 Å². The molecule has 1 amide bonds. The number of carbonyl (C=O) groups excluding carboxylic acids is 1. The van der Waals surface area contributed by atoms with Crippen molar-refractivity contribution in [2.75, 3.05) is 14.2 Å². The summed E-state index contributed by atoms with van der Waals surface area (Å²) >= 11 is 6.02. The standard InChI is InChI=1S/C23H22ClNO3/c1-27-20-13-8-16(14-21(20)28-2)15-22(26)25-23(17-6-4-3-5-7-17)18-9-11-19(24)12-10-18/h3-14,23H,15H2,1-2H3,(H,25,26)/t23-/m1/s1. The van der Waals surface area contributed by atoms with Crippen LogP contribution in [0.2, 0.25) is 5.02 Å². The molecule has 1 atom stereocenters. The van der Waals surface area contributed by atoms with Crippen LogP contribution in [0.25, 0.3) is 0 Å². The van der Waals surface area contributed by atoms with Crippen molar-refractivity contribution in [1.29, 1.82) is 0 Å². The number of halogens is 1. The molecule has 0 saturated carbocycles. The number of hydrogen-bond donors (Lipinski definition) is 1. The quantitative estimate of drug-likeness (QED) is 0.624. The number of nitrogens with one attached hydrogen (secondary N) is 1. The van der Waals surface area contributed by atoms with Crippen molar-refractivity contribution < 1.29 is 14.3 Å². The molecule has 0 aromatic heterocycles. The number of benzene rings is 3. The van der Waals surface area contributed by atoms with E-state index < -0.39 is 0 Å². The van der Waals surface area contributed by atoms with Gasteiger partial charge in [0, 0.05) is 5.02 Å². The van der Waals surface area contributed by atoms with E-state index in [1.54, 1.807) is 20.3 Å². The van der Waals surface area contributed by atoms with E-state index in [9.17, 15) is 4.79 Å². The van der Waals surface area contributed by atoms with E-state index >= 15 is 0 Å². The number of rotatable bonds is 7. The maximum absolute atomic E-state index is 12.8. The smallest absolute Gasteiger partial charge is 0.225 e. The summed E-state index contributed by atoms with van der Waals surface area (Å²) in [5.41, 5.74) is 2.82. The summed E-state index contributed by atoms with van der Waals surface area (Å²) in [5, 5.41) is 3.79. The second kappa shape index (κ2) is 9.29. The van der Waals surface area contributed by atoms with Gasteiger partial charge in [-0.2, -0.15) is 0 Å². The first-order valence-corrected chi connectivity index (χ1v) is 9.29. The molecule has 0 fully saturated rings. The molecule has 5 heteroatoms. The molecule has 0 unspecified atom stereocenters. The monoisotopic (exact) mass is 395 g/mol. The zero-order valence-corrected chi connectivity index (χ0v) is 16.6. The van der Waals surface area contributed by atoms with Crippen molar-refractivity contribution >= 4 is 17.5 Å². The number of ether oxygens (including phenoxy) is 2. The van der Waals surface area contributed by atoms with E-state index in [1.165, 1.54) is 0 Å². The molecule has 1 N–H and O–H groups in total. The lowest BCUT2D eigenvalue weighted by Gasteiger charge is -2.20. The van der Waals surface area contributed by atoms with Gasteiger partial charge in [0.2, 0.25) is 5.91 Å². The minimum absolute atomic E-state index is 0.0870. The minimum atomic E-state index is -0.258. The summed E-state index contributed by atoms with van der Waals surface area (Å²) in [6.45, 7) is 0. The summed E-state index contributed by atoms with van der Waals surface area (Å²) < 4.78 is 10.6. The fourth-order valence-electron chi connectivity index (χ4n) is 3.05. The summed E-state index contributed by atoms with van der Waals surface area (Å²) in [7, 11) is 3.16. The largest absolute Gasteiger partial charge is 0.493 e. The van der Waals surface area contributed by atoms with Crippen LogP contribution in [0, 0.1) is 0 Å². The molecule has 0 aliphatic rings. The SMILES string of the molecule is COc1ccc(CC(=O)N[C@H](c2ccccc2)c2ccc(Cl)cc2)cc1OC. The van der Waals surface area contributed by atoms with Crippen LogP contribution in [0.5, 0.6) is 11.5 Å². The van der Waals surface area contributed by atoms with Crippen molar-refractivity contribution in [2.45, 2.75) is 12.5 Å². The molecule has 0 spiro atoms. The Hall–Kier alpha value is -2.98. The molecule has 4 nitrogen and oxygen atoms in total. The van der Waals surface area contributed by atoms with Crippen molar-refractivity contribution in [3.05, 3.63) is 94.5 Å². The van der Waals surface area contributed by atoms with Gasteiger partial charge >= 0.3 is 0 Å². The van der Waals surface area contributed by atoms with E-state index in [4.69, 9.17) is 21.1 Å². The van der Waals surface area contributed by atoms with Crippen LogP contribution in [0.1, 0.15) is 22.7 Å². The summed E-state index contributed by atoms with van der Waals surface area (Å²) in [6, 6.07) is 22.6. The third-order valence-corrected chi connectivity index (χ3v) is 4.71. The molecule has 0 aliphatic heterocycles. The predicted octanol–water partition coefficient (Wildman–Crippen LogP) is 4.81. The van der Waals surface area contributed by atoms with Gasteiger partial charge in [-0.1, -0.05) is 60.1 Å². The zero-order chi connectivity index (χ0) is 19.9. The maximum Gasteiger partial charge on any atom is 0.225 e. The average molecular weight is 396 g/mol. The van der Waals surface area contributed by atoms with Gasteiger partial charge in [0.15, 0.2) is 11.5 Å². The van der Waals surface area contributed by atoms with Crippen molar-refractivity contribution in [1.82, 2.24) is 5.32 Å². The first-order chi connectivity index (χ1) is 13.6. The summed E-state index contributed by atoms with van der Waals surface area (Å²) in [6.07, 6.45) is 0.233. The Kier molecular flexibility index (Phi) is 6.56. The Morgan fingerprint density at radius 3 is 2.18 bits per heavy atom. The second-order valence-electron chi connectivity index (χ2n) is 6.33. The predicted molar refractivity (Wildman–Crippen MR) is 111 cm³/mol. The molecule has 144 valence electrons. The minimum Gasteiger partial charge on any atom is -0.493 e. The van der Waals surface area contributed by atoms with Crippen LogP contribution < -0.4 is 14.8 Å². The fraction of sp³-hybridized carbons (Fsp3) is 0.174. The van der Waals surface area contributed by atoms with Gasteiger partial charge in [0.25, 0.3) is 0 Å². The summed E-state index contributed by atoms with van der Waals surface area (Å²) in [4.78, 5) is 12.8. The Morgan fingerprint density at radius 2 is 1.54 bits per heavy atom. The molecule has 3 aromatic rings. The molecule has 0 bridgehead atoms. The Balaban J connectivity index is 1.81. The van der Waals surface area contributed by atoms with Crippen LogP contribution in [-0.2, 0) is 11.2 Å². The second-order valence-corrected chi connectivity index (χ2v) is 6.77. The van der Waals surface area contributed by atoms with Gasteiger partial charge in [-0.15, -0.1) is 0 Å². The first-order valence-electron chi connectivity index (χ1n) is 8.91. The lowest BCUT2D eigenvalue weighted by Crippen LogP contribution is -2.30. The molecular weight excluding hydrogens is 374 g/mol. The van der Waals surface area contributed by atoms with E-state index in [2.05, 4.69) is 5.32 Å². The highest BCUT2D eigenvalue weighted by atomic mass is 35.5. The molecule has 0 radical (unpaired) electrons. The van der Waals surface area contributed by atoms with Gasteiger partial charge in [-0.25, -0.2) is 0 Å². The zero-order valence-electron chi connectivity index (χ0n) is 15.8. The van der Waals surface area contributed by atoms with E-state index in [-0.39, 0.29) is 18.4 Å². The number of amides is 1. The Morgan fingerprint density at radius 1 is 0.893 bits per heavy atom. The fourth-order valence-corrected chi connectivity index (χ4v) is 3.17. The average Bonchev–Trinajstić information content (AvgIpc) is 2.73. The van der Waals surface area contributed by atoms with E-state index in [0.717, 1.165) is 16.7 Å². The lowest BCUT2D eigenvalue weighted by molar-refractivity contribution is -0.120. The molecule has 28 heavy (non-hydrogen) atoms. The maximum atomic E-state index is 12.8. The van der Waals surface area contributed by atoms with Gasteiger partial charge in [-0.05, 0) is 41.0 Å². The van der Waals surface area contributed by atoms with Crippen molar-refractivity contribution in [3.63, 3.8) is 0 Å². The van der Waals surface area contributed by atoms with Gasteiger partial charge in [0.05, 0.1) is 26.7 Å². The highest BCUT2D eigenvalue weighted by molar-refractivity contribution is 6.30. The van der Waals surface area contributed by atoms with Crippen LogP contribution in [-0.4, -0.2) is 20.1 Å². The molecular formula is C23H22ClNO3. The third kappa shape index (κ3) is 4.84. The molecule has 0 saturated heterocycles. The molecule has 0 heterocycles. The van der Waals surface area contributed by atoms with Gasteiger partial charge < -0.3 is 14.8 Å². The number of carbonyl (C=O) groups is 1. The van der Waals surface area contributed by atoms with E-state index in [1.807, 2.05) is 66.7 Å². The highest BCUT2D eigenvalue weighted by Crippen LogP contribution is 2.28. The van der Waals surface area contributed by atoms with Crippen molar-refractivity contribution in [2.24, 2.45) is 0 Å². The normalized spacial score (nSPS) is 11.5. The van der Waals surface area contributed by atoms with Gasteiger partial charge in [-0.3, -0.25) is 4.79 Å². The Bertz CT molecular complexity index is 926. The number of hydrogen-bond acceptors (Lipinski definition) is 3. The van der Waals surface area contributed by atoms with Crippen LogP contribution >= 0.6 is 11.6 Å². The Labute approximate surface area is 170 Å².